The molecule has 4 bridgehead atoms. The molecule has 0 amide bonds. The van der Waals surface area contributed by atoms with Crippen LogP contribution in [-0.2, 0) is 4.43 Å². The van der Waals surface area contributed by atoms with Crippen molar-refractivity contribution in [3.8, 4) is 0 Å². The molecule has 0 aliphatic heterocycles. The fourth-order valence-electron chi connectivity index (χ4n) is 7.21. The average molecular weight is 633 g/mol. The SMILES string of the molecule is CCC[CH2][Sn]([CH2]CCC)[CH2]CCC.C[Si](C)(C)OC(P[Si](C)(C)C)C12CC3CC(CC(C3)C1)C2. The molecule has 2 unspecified atom stereocenters. The van der Waals surface area contributed by atoms with Crippen LogP contribution in [0.5, 0.6) is 0 Å². The Labute approximate surface area is 226 Å². The van der Waals surface area contributed by atoms with E-state index in [2.05, 4.69) is 60.1 Å². The van der Waals surface area contributed by atoms with Gasteiger partial charge >= 0.3 is 92.4 Å². The van der Waals surface area contributed by atoms with Crippen molar-refractivity contribution in [2.75, 3.05) is 0 Å². The fourth-order valence-corrected chi connectivity index (χ4v) is 24.2. The molecule has 4 aliphatic rings. The molecule has 201 valence electrons. The summed E-state index contributed by atoms with van der Waals surface area (Å²) in [6.07, 6.45) is 18.0. The van der Waals surface area contributed by atoms with Gasteiger partial charge in [0.1, 0.15) is 0 Å². The van der Waals surface area contributed by atoms with Crippen LogP contribution in [0.15, 0.2) is 0 Å². The molecular formula is C29H62OPSi2Sn. The maximum Gasteiger partial charge on any atom is 0.184 e. The predicted molar refractivity (Wildman–Crippen MR) is 165 cm³/mol. The van der Waals surface area contributed by atoms with Crippen molar-refractivity contribution in [1.82, 2.24) is 0 Å². The molecule has 0 aromatic carbocycles. The average Bonchev–Trinajstić information content (AvgIpc) is 2.70. The van der Waals surface area contributed by atoms with Crippen molar-refractivity contribution in [3.63, 3.8) is 0 Å². The molecule has 2 atom stereocenters. The third-order valence-electron chi connectivity index (χ3n) is 8.33. The Morgan fingerprint density at radius 1 is 0.735 bits per heavy atom. The van der Waals surface area contributed by atoms with Gasteiger partial charge in [0.05, 0.1) is 13.6 Å². The van der Waals surface area contributed by atoms with E-state index in [1.165, 1.54) is 57.8 Å². The Kier molecular flexibility index (Phi) is 13.8. The van der Waals surface area contributed by atoms with Gasteiger partial charge in [-0.2, -0.15) is 0 Å². The maximum absolute atomic E-state index is 6.88. The van der Waals surface area contributed by atoms with Crippen molar-refractivity contribution >= 4 is 43.9 Å². The summed E-state index contributed by atoms with van der Waals surface area (Å²) in [4.78, 5) is 0. The van der Waals surface area contributed by atoms with Crippen LogP contribution >= 0.6 is 8.13 Å². The zero-order valence-electron chi connectivity index (χ0n) is 24.8. The Morgan fingerprint density at radius 3 is 1.41 bits per heavy atom. The summed E-state index contributed by atoms with van der Waals surface area (Å²) >= 11 is -0.839. The van der Waals surface area contributed by atoms with E-state index in [1.54, 1.807) is 32.6 Å². The topological polar surface area (TPSA) is 9.23 Å². The minimum atomic E-state index is -1.44. The first-order valence-electron chi connectivity index (χ1n) is 15.2. The normalized spacial score (nSPS) is 29.6. The zero-order valence-corrected chi connectivity index (χ0v) is 30.7. The van der Waals surface area contributed by atoms with Crippen LogP contribution in [0.4, 0.5) is 0 Å². The number of unbranched alkanes of at least 4 members (excludes halogenated alkanes) is 3. The molecule has 0 aromatic heterocycles. The second-order valence-electron chi connectivity index (χ2n) is 14.3. The molecule has 5 heteroatoms. The van der Waals surface area contributed by atoms with Gasteiger partial charge in [0, 0.05) is 0 Å². The van der Waals surface area contributed by atoms with Gasteiger partial charge in [-0.1, -0.05) is 19.6 Å². The first-order chi connectivity index (χ1) is 15.9. The fraction of sp³-hybridized carbons (Fsp3) is 1.00. The van der Waals surface area contributed by atoms with E-state index in [0.29, 0.717) is 11.3 Å². The van der Waals surface area contributed by atoms with Gasteiger partial charge < -0.3 is 4.43 Å². The van der Waals surface area contributed by atoms with Crippen molar-refractivity contribution in [2.45, 2.75) is 156 Å². The Hall–Kier alpha value is 1.62. The summed E-state index contributed by atoms with van der Waals surface area (Å²) in [7, 11) is -1.39. The monoisotopic (exact) mass is 633 g/mol. The third kappa shape index (κ3) is 11.2. The zero-order chi connectivity index (χ0) is 25.4. The number of hydrogen-bond acceptors (Lipinski definition) is 1. The molecule has 1 radical (unpaired) electrons. The van der Waals surface area contributed by atoms with Gasteiger partial charge in [-0.05, 0) is 81.3 Å². The van der Waals surface area contributed by atoms with E-state index in [4.69, 9.17) is 4.43 Å². The molecule has 4 aliphatic carbocycles. The molecule has 0 spiro atoms. The van der Waals surface area contributed by atoms with E-state index < -0.39 is 35.8 Å². The van der Waals surface area contributed by atoms with Crippen LogP contribution in [0.25, 0.3) is 0 Å². The van der Waals surface area contributed by atoms with Crippen molar-refractivity contribution in [1.29, 1.82) is 0 Å². The Balaban J connectivity index is 0.000000273. The van der Waals surface area contributed by atoms with Crippen LogP contribution < -0.4 is 0 Å². The second-order valence-corrected chi connectivity index (χ2v) is 38.0. The van der Waals surface area contributed by atoms with Gasteiger partial charge in [-0.15, -0.1) is 8.13 Å². The molecule has 4 rings (SSSR count). The maximum atomic E-state index is 6.88. The van der Waals surface area contributed by atoms with E-state index in [9.17, 15) is 0 Å². The van der Waals surface area contributed by atoms with Crippen LogP contribution in [-0.4, -0.2) is 41.7 Å². The minimum absolute atomic E-state index is 0.591. The Bertz CT molecular complexity index is 501. The quantitative estimate of drug-likeness (QED) is 0.137. The third-order valence-corrected chi connectivity index (χ3v) is 23.8. The van der Waals surface area contributed by atoms with E-state index in [1.807, 2.05) is 0 Å². The first-order valence-corrected chi connectivity index (χ1v) is 30.2. The largest absolute Gasteiger partial charge is 0.411 e. The smallest absolute Gasteiger partial charge is 0.184 e. The predicted octanol–water partition coefficient (Wildman–Crippen LogP) is 10.8. The number of rotatable bonds is 14. The molecular weight excluding hydrogens is 570 g/mol. The summed E-state index contributed by atoms with van der Waals surface area (Å²) in [5.74, 6) is 3.77. The molecule has 0 saturated heterocycles. The van der Waals surface area contributed by atoms with E-state index in [-0.39, 0.29) is 0 Å². The molecule has 4 fully saturated rings. The summed E-state index contributed by atoms with van der Waals surface area (Å²) in [6.45, 7) is 21.8. The summed E-state index contributed by atoms with van der Waals surface area (Å²) in [5.41, 5.74) is 0.591. The van der Waals surface area contributed by atoms with Crippen LogP contribution in [0.2, 0.25) is 52.6 Å². The van der Waals surface area contributed by atoms with Gasteiger partial charge in [-0.25, -0.2) is 0 Å². The summed E-state index contributed by atoms with van der Waals surface area (Å²) < 4.78 is 11.9. The minimum Gasteiger partial charge on any atom is -0.411 e. The molecule has 1 nitrogen and oxygen atoms in total. The molecule has 0 heterocycles. The standard InChI is InChI=1S/C17H35OPSi2.3C4H9.Sn/c1-20(2,3)18-16(19-21(4,5)6)17-10-13-7-14(11-17)9-15(8-13)12-17;3*1-3-4-2;/h13-16,19H,7-12H2,1-6H3;3*1,3-4H2,2H3;. The first kappa shape index (κ1) is 31.8. The summed E-state index contributed by atoms with van der Waals surface area (Å²) in [6, 6.07) is 0. The second kappa shape index (κ2) is 14.7. The molecule has 0 aromatic rings. The van der Waals surface area contributed by atoms with Crippen LogP contribution in [0.1, 0.15) is 97.8 Å². The van der Waals surface area contributed by atoms with Gasteiger partial charge in [0.2, 0.25) is 0 Å². The van der Waals surface area contributed by atoms with E-state index in [0.717, 1.165) is 25.9 Å². The van der Waals surface area contributed by atoms with Crippen LogP contribution in [0.3, 0.4) is 0 Å². The van der Waals surface area contributed by atoms with Gasteiger partial charge in [0.15, 0.2) is 8.32 Å². The van der Waals surface area contributed by atoms with Crippen molar-refractivity contribution in [3.05, 3.63) is 0 Å². The van der Waals surface area contributed by atoms with Crippen molar-refractivity contribution in [2.24, 2.45) is 23.2 Å². The molecule has 34 heavy (non-hydrogen) atoms. The van der Waals surface area contributed by atoms with E-state index >= 15 is 0 Å². The summed E-state index contributed by atoms with van der Waals surface area (Å²) in [5, 5.41) is 0. The Morgan fingerprint density at radius 2 is 1.12 bits per heavy atom. The molecule has 4 saturated carbocycles. The van der Waals surface area contributed by atoms with Gasteiger partial charge in [0.25, 0.3) is 0 Å². The number of hydrogen-bond donors (Lipinski definition) is 0. The van der Waals surface area contributed by atoms with Crippen LogP contribution in [0, 0.1) is 23.2 Å². The van der Waals surface area contributed by atoms with Gasteiger partial charge in [-0.3, -0.25) is 0 Å². The van der Waals surface area contributed by atoms with Crippen molar-refractivity contribution < 1.29 is 4.43 Å². The molecule has 0 N–H and O–H groups in total.